The number of carbonyl (C=O) groups excluding carboxylic acids is 1. The Balaban J connectivity index is 1.44. The molecule has 1 aliphatic heterocycles. The lowest BCUT2D eigenvalue weighted by molar-refractivity contribution is 0.0945. The highest BCUT2D eigenvalue weighted by atomic mass is 16.5. The first-order chi connectivity index (χ1) is 11.7. The van der Waals surface area contributed by atoms with Crippen molar-refractivity contribution in [3.05, 3.63) is 47.8 Å². The number of carbonyl (C=O) groups is 1. The van der Waals surface area contributed by atoms with Crippen molar-refractivity contribution in [3.8, 4) is 5.88 Å². The van der Waals surface area contributed by atoms with E-state index in [2.05, 4.69) is 40.1 Å². The van der Waals surface area contributed by atoms with Crippen LogP contribution in [0.2, 0.25) is 0 Å². The van der Waals surface area contributed by atoms with E-state index < -0.39 is 0 Å². The summed E-state index contributed by atoms with van der Waals surface area (Å²) in [5.74, 6) is 0.452. The van der Waals surface area contributed by atoms with Gasteiger partial charge in [0.15, 0.2) is 0 Å². The molecule has 0 spiro atoms. The monoisotopic (exact) mass is 324 g/mol. The first kappa shape index (κ1) is 14.8. The fourth-order valence-corrected chi connectivity index (χ4v) is 3.25. The standard InChI is InChI=1S/C18H20N4O2/c1-13-11-14-5-2-3-6-16(14)21(13)9-7-19-17(23)15-12-20-22-8-4-10-24-18(15)22/h2-3,5-6,11-12H,4,7-10H2,1H3,(H,19,23). The van der Waals surface area contributed by atoms with E-state index in [1.165, 1.54) is 16.6 Å². The van der Waals surface area contributed by atoms with Crippen LogP contribution in [0.4, 0.5) is 0 Å². The summed E-state index contributed by atoms with van der Waals surface area (Å²) in [4.78, 5) is 12.4. The van der Waals surface area contributed by atoms with E-state index in [0.717, 1.165) is 19.5 Å². The predicted molar refractivity (Wildman–Crippen MR) is 91.3 cm³/mol. The summed E-state index contributed by atoms with van der Waals surface area (Å²) in [6.45, 7) is 4.82. The first-order valence-electron chi connectivity index (χ1n) is 8.26. The number of fused-ring (bicyclic) bond motifs is 2. The summed E-state index contributed by atoms with van der Waals surface area (Å²) >= 11 is 0. The molecule has 4 rings (SSSR count). The minimum atomic E-state index is -0.132. The summed E-state index contributed by atoms with van der Waals surface area (Å²) in [5, 5.41) is 8.41. The molecule has 3 heterocycles. The van der Waals surface area contributed by atoms with Gasteiger partial charge in [0, 0.05) is 37.3 Å². The van der Waals surface area contributed by atoms with Crippen LogP contribution in [0.25, 0.3) is 10.9 Å². The third-order valence-corrected chi connectivity index (χ3v) is 4.43. The Kier molecular flexibility index (Phi) is 3.72. The minimum absolute atomic E-state index is 0.132. The molecule has 0 aliphatic carbocycles. The topological polar surface area (TPSA) is 61.1 Å². The summed E-state index contributed by atoms with van der Waals surface area (Å²) in [5.41, 5.74) is 2.90. The molecule has 1 aromatic carbocycles. The van der Waals surface area contributed by atoms with Gasteiger partial charge in [0.05, 0.1) is 12.8 Å². The van der Waals surface area contributed by atoms with Crippen molar-refractivity contribution in [2.45, 2.75) is 26.4 Å². The maximum atomic E-state index is 12.4. The molecule has 1 aliphatic rings. The highest BCUT2D eigenvalue weighted by Gasteiger charge is 2.21. The fraction of sp³-hybridized carbons (Fsp3) is 0.333. The number of para-hydroxylation sites is 1. The van der Waals surface area contributed by atoms with Gasteiger partial charge in [-0.25, -0.2) is 4.68 Å². The molecule has 0 bridgehead atoms. The molecule has 2 aromatic heterocycles. The third kappa shape index (κ3) is 2.54. The third-order valence-electron chi connectivity index (χ3n) is 4.43. The van der Waals surface area contributed by atoms with Crippen LogP contribution in [-0.4, -0.2) is 33.4 Å². The lowest BCUT2D eigenvalue weighted by Crippen LogP contribution is -2.28. The van der Waals surface area contributed by atoms with Crippen molar-refractivity contribution in [1.29, 1.82) is 0 Å². The Morgan fingerprint density at radius 3 is 3.17 bits per heavy atom. The average molecular weight is 324 g/mol. The van der Waals surface area contributed by atoms with Crippen molar-refractivity contribution in [3.63, 3.8) is 0 Å². The number of nitrogens with one attached hydrogen (secondary N) is 1. The highest BCUT2D eigenvalue weighted by molar-refractivity contribution is 5.96. The van der Waals surface area contributed by atoms with Crippen LogP contribution in [0, 0.1) is 6.92 Å². The molecule has 6 nitrogen and oxygen atoms in total. The molecule has 0 fully saturated rings. The number of aromatic nitrogens is 3. The Labute approximate surface area is 140 Å². The number of nitrogens with zero attached hydrogens (tertiary/aromatic N) is 3. The van der Waals surface area contributed by atoms with E-state index in [1.807, 2.05) is 12.1 Å². The number of aryl methyl sites for hydroxylation is 2. The molecule has 1 N–H and O–H groups in total. The number of rotatable bonds is 4. The molecular formula is C18H20N4O2. The Hall–Kier alpha value is -2.76. The quantitative estimate of drug-likeness (QED) is 0.801. The molecule has 124 valence electrons. The second-order valence-corrected chi connectivity index (χ2v) is 6.04. The van der Waals surface area contributed by atoms with Crippen LogP contribution in [0.3, 0.4) is 0 Å². The maximum absolute atomic E-state index is 12.4. The molecule has 1 amide bonds. The van der Waals surface area contributed by atoms with E-state index in [4.69, 9.17) is 4.74 Å². The van der Waals surface area contributed by atoms with E-state index in [-0.39, 0.29) is 5.91 Å². The number of hydrogen-bond acceptors (Lipinski definition) is 3. The molecule has 0 radical (unpaired) electrons. The Bertz CT molecular complexity index is 894. The summed E-state index contributed by atoms with van der Waals surface area (Å²) in [6, 6.07) is 10.4. The molecular weight excluding hydrogens is 304 g/mol. The van der Waals surface area contributed by atoms with Crippen molar-refractivity contribution in [2.75, 3.05) is 13.2 Å². The molecule has 0 atom stereocenters. The van der Waals surface area contributed by atoms with E-state index in [0.29, 0.717) is 24.6 Å². The van der Waals surface area contributed by atoms with Crippen LogP contribution < -0.4 is 10.1 Å². The zero-order valence-electron chi connectivity index (χ0n) is 13.7. The Morgan fingerprint density at radius 1 is 1.38 bits per heavy atom. The van der Waals surface area contributed by atoms with Gasteiger partial charge in [-0.2, -0.15) is 5.10 Å². The lowest BCUT2D eigenvalue weighted by atomic mass is 10.2. The largest absolute Gasteiger partial charge is 0.477 e. The van der Waals surface area contributed by atoms with Gasteiger partial charge < -0.3 is 14.6 Å². The average Bonchev–Trinajstić information content (AvgIpc) is 3.16. The van der Waals surface area contributed by atoms with Crippen LogP contribution in [0.5, 0.6) is 5.88 Å². The molecule has 0 saturated carbocycles. The number of ether oxygens (including phenoxy) is 1. The molecule has 0 unspecified atom stereocenters. The smallest absolute Gasteiger partial charge is 0.258 e. The van der Waals surface area contributed by atoms with E-state index in [9.17, 15) is 4.79 Å². The second kappa shape index (κ2) is 6.03. The fourth-order valence-electron chi connectivity index (χ4n) is 3.25. The summed E-state index contributed by atoms with van der Waals surface area (Å²) in [6.07, 6.45) is 2.52. The number of amides is 1. The van der Waals surface area contributed by atoms with Crippen molar-refractivity contribution < 1.29 is 9.53 Å². The van der Waals surface area contributed by atoms with Gasteiger partial charge >= 0.3 is 0 Å². The Morgan fingerprint density at radius 2 is 2.25 bits per heavy atom. The van der Waals surface area contributed by atoms with Gasteiger partial charge in [0.1, 0.15) is 5.56 Å². The maximum Gasteiger partial charge on any atom is 0.258 e. The van der Waals surface area contributed by atoms with Gasteiger partial charge in [-0.15, -0.1) is 0 Å². The van der Waals surface area contributed by atoms with Crippen LogP contribution in [0.1, 0.15) is 22.5 Å². The summed E-state index contributed by atoms with van der Waals surface area (Å²) < 4.78 is 9.55. The van der Waals surface area contributed by atoms with Crippen molar-refractivity contribution in [2.24, 2.45) is 0 Å². The van der Waals surface area contributed by atoms with Crippen molar-refractivity contribution in [1.82, 2.24) is 19.7 Å². The first-order valence-corrected chi connectivity index (χ1v) is 8.26. The van der Waals surface area contributed by atoms with Crippen LogP contribution in [-0.2, 0) is 13.1 Å². The molecule has 3 aromatic rings. The molecule has 6 heteroatoms. The highest BCUT2D eigenvalue weighted by Crippen LogP contribution is 2.22. The summed E-state index contributed by atoms with van der Waals surface area (Å²) in [7, 11) is 0. The minimum Gasteiger partial charge on any atom is -0.477 e. The zero-order valence-corrected chi connectivity index (χ0v) is 13.7. The van der Waals surface area contributed by atoms with Gasteiger partial charge in [-0.05, 0) is 24.4 Å². The van der Waals surface area contributed by atoms with Gasteiger partial charge in [-0.1, -0.05) is 18.2 Å². The van der Waals surface area contributed by atoms with Crippen LogP contribution >= 0.6 is 0 Å². The molecule has 0 saturated heterocycles. The predicted octanol–water partition coefficient (Wildman–Crippen LogP) is 2.36. The van der Waals surface area contributed by atoms with Gasteiger partial charge in [0.2, 0.25) is 5.88 Å². The number of hydrogen-bond donors (Lipinski definition) is 1. The lowest BCUT2D eigenvalue weighted by Gasteiger charge is -2.16. The molecule has 24 heavy (non-hydrogen) atoms. The van der Waals surface area contributed by atoms with Gasteiger partial charge in [-0.3, -0.25) is 4.79 Å². The van der Waals surface area contributed by atoms with Gasteiger partial charge in [0.25, 0.3) is 5.91 Å². The van der Waals surface area contributed by atoms with E-state index >= 15 is 0 Å². The van der Waals surface area contributed by atoms with E-state index in [1.54, 1.807) is 10.9 Å². The SMILES string of the molecule is Cc1cc2ccccc2n1CCNC(=O)c1cnn2c1OCCC2. The van der Waals surface area contributed by atoms with Crippen molar-refractivity contribution >= 4 is 16.8 Å². The second-order valence-electron chi connectivity index (χ2n) is 6.04. The normalized spacial score (nSPS) is 13.5. The number of benzene rings is 1. The van der Waals surface area contributed by atoms with Crippen LogP contribution in [0.15, 0.2) is 36.5 Å². The zero-order chi connectivity index (χ0) is 16.5.